The Hall–Kier alpha value is -1.02. The van der Waals surface area contributed by atoms with Crippen LogP contribution in [0.4, 0.5) is 0 Å². The fourth-order valence-corrected chi connectivity index (χ4v) is 1.39. The van der Waals surface area contributed by atoms with Gasteiger partial charge < -0.3 is 9.47 Å². The van der Waals surface area contributed by atoms with E-state index in [4.69, 9.17) is 9.47 Å². The molecule has 56 valence electrons. The number of epoxide rings is 1. The summed E-state index contributed by atoms with van der Waals surface area (Å²) >= 11 is 0. The third kappa shape index (κ3) is 0.761. The summed E-state index contributed by atoms with van der Waals surface area (Å²) in [6, 6.07) is 6.13. The van der Waals surface area contributed by atoms with Gasteiger partial charge in [-0.2, -0.15) is 0 Å². The van der Waals surface area contributed by atoms with Crippen molar-refractivity contribution in [2.45, 2.75) is 19.1 Å². The SMILES string of the molecule is CC1OC1c1ccc2c(c1)O2. The zero-order valence-electron chi connectivity index (χ0n) is 6.20. The first-order valence-corrected chi connectivity index (χ1v) is 3.82. The molecule has 0 amide bonds. The van der Waals surface area contributed by atoms with E-state index >= 15 is 0 Å². The fraction of sp³-hybridized carbons (Fsp3) is 0.333. The van der Waals surface area contributed by atoms with E-state index in [-0.39, 0.29) is 0 Å². The molecule has 2 unspecified atom stereocenters. The molecule has 2 atom stereocenters. The Morgan fingerprint density at radius 3 is 2.73 bits per heavy atom. The van der Waals surface area contributed by atoms with Crippen molar-refractivity contribution in [2.75, 3.05) is 0 Å². The molecule has 3 rings (SSSR count). The van der Waals surface area contributed by atoms with E-state index in [0.717, 1.165) is 11.5 Å². The van der Waals surface area contributed by atoms with Gasteiger partial charge in [-0.3, -0.25) is 0 Å². The van der Waals surface area contributed by atoms with Crippen molar-refractivity contribution in [1.82, 2.24) is 0 Å². The molecular formula is C9H8O2. The Balaban J connectivity index is 1.98. The van der Waals surface area contributed by atoms with Crippen LogP contribution in [0, 0.1) is 0 Å². The Bertz CT molecular complexity index is 319. The molecule has 2 aliphatic heterocycles. The molecule has 1 saturated heterocycles. The summed E-state index contributed by atoms with van der Waals surface area (Å²) in [5, 5.41) is 0. The summed E-state index contributed by atoms with van der Waals surface area (Å²) in [7, 11) is 0. The van der Waals surface area contributed by atoms with Gasteiger partial charge in [0, 0.05) is 0 Å². The van der Waals surface area contributed by atoms with Crippen molar-refractivity contribution in [3.8, 4) is 11.5 Å². The highest BCUT2D eigenvalue weighted by molar-refractivity contribution is 5.56. The summed E-state index contributed by atoms with van der Waals surface area (Å²) in [5.41, 5.74) is 1.24. The minimum atomic E-state index is 0.324. The molecule has 1 fully saturated rings. The van der Waals surface area contributed by atoms with Crippen molar-refractivity contribution in [3.63, 3.8) is 0 Å². The van der Waals surface area contributed by atoms with Gasteiger partial charge in [-0.15, -0.1) is 0 Å². The Labute approximate surface area is 64.7 Å². The number of ether oxygens (including phenoxy) is 2. The van der Waals surface area contributed by atoms with Crippen LogP contribution in [0.3, 0.4) is 0 Å². The second-order valence-electron chi connectivity index (χ2n) is 3.07. The standard InChI is InChI=1S/C9H8O2/c1-5-9(10-5)6-2-3-7-8(4-6)11-7/h2-5,9H,1H3. The summed E-state index contributed by atoms with van der Waals surface area (Å²) in [6.07, 6.45) is 0.719. The van der Waals surface area contributed by atoms with Gasteiger partial charge in [-0.25, -0.2) is 0 Å². The Morgan fingerprint density at radius 1 is 1.27 bits per heavy atom. The molecule has 0 aromatic heterocycles. The zero-order valence-corrected chi connectivity index (χ0v) is 6.20. The lowest BCUT2D eigenvalue weighted by atomic mass is 10.1. The van der Waals surface area contributed by atoms with Crippen molar-refractivity contribution in [2.24, 2.45) is 0 Å². The van der Waals surface area contributed by atoms with Crippen LogP contribution >= 0.6 is 0 Å². The topological polar surface area (TPSA) is 25.1 Å². The van der Waals surface area contributed by atoms with Gasteiger partial charge in [0.1, 0.15) is 6.10 Å². The number of hydrogen-bond donors (Lipinski definition) is 0. The van der Waals surface area contributed by atoms with Crippen LogP contribution in [0.15, 0.2) is 18.2 Å². The minimum absolute atomic E-state index is 0.324. The maximum absolute atomic E-state index is 5.33. The average Bonchev–Trinajstić information content (AvgIpc) is 2.81. The lowest BCUT2D eigenvalue weighted by Gasteiger charge is -1.87. The third-order valence-electron chi connectivity index (χ3n) is 2.19. The smallest absolute Gasteiger partial charge is 0.170 e. The first-order chi connectivity index (χ1) is 5.34. The van der Waals surface area contributed by atoms with Crippen LogP contribution in [0.25, 0.3) is 0 Å². The molecule has 11 heavy (non-hydrogen) atoms. The molecule has 0 spiro atoms. The van der Waals surface area contributed by atoms with E-state index in [2.05, 4.69) is 19.1 Å². The predicted octanol–water partition coefficient (Wildman–Crippen LogP) is 2.25. The van der Waals surface area contributed by atoms with Gasteiger partial charge >= 0.3 is 0 Å². The Kier molecular flexibility index (Phi) is 0.809. The molecule has 1 aromatic rings. The van der Waals surface area contributed by atoms with Gasteiger partial charge in [0.25, 0.3) is 0 Å². The van der Waals surface area contributed by atoms with Gasteiger partial charge in [0.05, 0.1) is 6.10 Å². The number of benzene rings is 1. The molecule has 2 nitrogen and oxygen atoms in total. The van der Waals surface area contributed by atoms with Gasteiger partial charge in [-0.05, 0) is 24.6 Å². The maximum Gasteiger partial charge on any atom is 0.170 e. The van der Waals surface area contributed by atoms with Crippen LogP contribution in [0.1, 0.15) is 18.6 Å². The highest BCUT2D eigenvalue weighted by Gasteiger charge is 2.37. The number of hydrogen-bond acceptors (Lipinski definition) is 2. The first kappa shape index (κ1) is 5.61. The normalized spacial score (nSPS) is 30.6. The summed E-state index contributed by atoms with van der Waals surface area (Å²) in [6.45, 7) is 2.08. The predicted molar refractivity (Wildman–Crippen MR) is 39.8 cm³/mol. The van der Waals surface area contributed by atoms with E-state index in [1.807, 2.05) is 6.07 Å². The fourth-order valence-electron chi connectivity index (χ4n) is 1.39. The molecule has 2 heteroatoms. The average molecular weight is 148 g/mol. The monoisotopic (exact) mass is 148 g/mol. The van der Waals surface area contributed by atoms with Crippen LogP contribution in [-0.2, 0) is 4.74 Å². The molecule has 0 N–H and O–H groups in total. The van der Waals surface area contributed by atoms with Crippen LogP contribution in [0.2, 0.25) is 0 Å². The minimum Gasteiger partial charge on any atom is -0.450 e. The second kappa shape index (κ2) is 1.59. The molecule has 0 bridgehead atoms. The van der Waals surface area contributed by atoms with Crippen LogP contribution < -0.4 is 4.74 Å². The largest absolute Gasteiger partial charge is 0.450 e. The lowest BCUT2D eigenvalue weighted by Crippen LogP contribution is -1.79. The first-order valence-electron chi connectivity index (χ1n) is 3.82. The summed E-state index contributed by atoms with van der Waals surface area (Å²) in [5.74, 6) is 2.03. The van der Waals surface area contributed by atoms with Crippen molar-refractivity contribution < 1.29 is 9.47 Å². The highest BCUT2D eigenvalue weighted by Crippen LogP contribution is 2.49. The van der Waals surface area contributed by atoms with Crippen molar-refractivity contribution in [1.29, 1.82) is 0 Å². The van der Waals surface area contributed by atoms with Gasteiger partial charge in [-0.1, -0.05) is 6.07 Å². The van der Waals surface area contributed by atoms with E-state index in [1.165, 1.54) is 5.56 Å². The molecule has 0 aliphatic carbocycles. The molecule has 0 saturated carbocycles. The summed E-state index contributed by atoms with van der Waals surface area (Å²) < 4.78 is 10.5. The van der Waals surface area contributed by atoms with Crippen molar-refractivity contribution >= 4 is 0 Å². The second-order valence-corrected chi connectivity index (χ2v) is 3.07. The van der Waals surface area contributed by atoms with Crippen LogP contribution in [0.5, 0.6) is 11.5 Å². The zero-order chi connectivity index (χ0) is 7.42. The number of fused-ring (bicyclic) bond motifs is 1. The molecule has 2 aliphatic rings. The molecule has 2 heterocycles. The maximum atomic E-state index is 5.33. The van der Waals surface area contributed by atoms with Gasteiger partial charge in [0.2, 0.25) is 0 Å². The van der Waals surface area contributed by atoms with E-state index < -0.39 is 0 Å². The lowest BCUT2D eigenvalue weighted by molar-refractivity contribution is 0.383. The number of rotatable bonds is 1. The van der Waals surface area contributed by atoms with Crippen molar-refractivity contribution in [3.05, 3.63) is 23.8 Å². The van der Waals surface area contributed by atoms with E-state index in [9.17, 15) is 0 Å². The molecule has 0 radical (unpaired) electrons. The molecular weight excluding hydrogens is 140 g/mol. The quantitative estimate of drug-likeness (QED) is 0.579. The third-order valence-corrected chi connectivity index (χ3v) is 2.19. The van der Waals surface area contributed by atoms with E-state index in [1.54, 1.807) is 0 Å². The summed E-state index contributed by atoms with van der Waals surface area (Å²) in [4.78, 5) is 0. The van der Waals surface area contributed by atoms with E-state index in [0.29, 0.717) is 12.2 Å². The highest BCUT2D eigenvalue weighted by atomic mass is 16.6. The molecule has 1 aromatic carbocycles. The Morgan fingerprint density at radius 2 is 2.09 bits per heavy atom. The van der Waals surface area contributed by atoms with Crippen LogP contribution in [-0.4, -0.2) is 6.10 Å². The van der Waals surface area contributed by atoms with Gasteiger partial charge in [0.15, 0.2) is 11.5 Å².